The molecule has 0 bridgehead atoms. The van der Waals surface area contributed by atoms with Gasteiger partial charge in [0.05, 0.1) is 30.1 Å². The standard InChI is InChI=1S/C29H32N6O3/c1-3-29(4-2)14-24(37)35(28(30)34-29)26(21-15-31-17-32-16-21)19-9-7-10-20(12-19)27(38)33-25-22-11-6-5-8-18(22)13-23(25)36/h5-12,15-17,23,25-26,36H,3-4,13-14H2,1-2H3,(H2,30,34)(H,33,38)/t23-,25-,26+/m1/s1. The summed E-state index contributed by atoms with van der Waals surface area (Å²) in [5.41, 5.74) is 9.59. The number of fused-ring (bicyclic) bond motifs is 1. The number of hydrogen-bond acceptors (Lipinski definition) is 7. The third kappa shape index (κ3) is 4.65. The van der Waals surface area contributed by atoms with Crippen molar-refractivity contribution in [2.24, 2.45) is 10.7 Å². The molecule has 0 spiro atoms. The van der Waals surface area contributed by atoms with Crippen LogP contribution in [0.1, 0.15) is 77.8 Å². The lowest BCUT2D eigenvalue weighted by molar-refractivity contribution is -0.131. The highest BCUT2D eigenvalue weighted by molar-refractivity contribution is 6.00. The van der Waals surface area contributed by atoms with Crippen molar-refractivity contribution < 1.29 is 14.7 Å². The summed E-state index contributed by atoms with van der Waals surface area (Å²) in [5, 5.41) is 13.6. The summed E-state index contributed by atoms with van der Waals surface area (Å²) >= 11 is 0. The number of benzene rings is 2. The Morgan fingerprint density at radius 2 is 1.87 bits per heavy atom. The van der Waals surface area contributed by atoms with E-state index in [4.69, 9.17) is 10.7 Å². The maximum atomic E-state index is 13.5. The molecule has 1 aliphatic carbocycles. The molecule has 1 aromatic heterocycles. The van der Waals surface area contributed by atoms with E-state index in [1.165, 1.54) is 11.2 Å². The van der Waals surface area contributed by atoms with Crippen molar-refractivity contribution >= 4 is 17.8 Å². The third-order valence-electron chi connectivity index (χ3n) is 7.77. The molecule has 38 heavy (non-hydrogen) atoms. The lowest BCUT2D eigenvalue weighted by Gasteiger charge is -2.40. The van der Waals surface area contributed by atoms with Gasteiger partial charge in [-0.25, -0.2) is 15.0 Å². The van der Waals surface area contributed by atoms with Gasteiger partial charge in [-0.15, -0.1) is 0 Å². The highest BCUT2D eigenvalue weighted by atomic mass is 16.3. The molecule has 2 amide bonds. The Hall–Kier alpha value is -4.11. The van der Waals surface area contributed by atoms with E-state index in [-0.39, 0.29) is 24.2 Å². The fourth-order valence-corrected chi connectivity index (χ4v) is 5.53. The fraction of sp³-hybridized carbons (Fsp3) is 0.345. The van der Waals surface area contributed by atoms with Crippen molar-refractivity contribution in [2.75, 3.05) is 0 Å². The summed E-state index contributed by atoms with van der Waals surface area (Å²) in [6, 6.07) is 13.6. The van der Waals surface area contributed by atoms with E-state index in [2.05, 4.69) is 15.3 Å². The van der Waals surface area contributed by atoms with Gasteiger partial charge in [0.15, 0.2) is 5.96 Å². The van der Waals surface area contributed by atoms with Gasteiger partial charge in [-0.1, -0.05) is 50.2 Å². The number of hydrogen-bond donors (Lipinski definition) is 3. The number of carbonyl (C=O) groups is 2. The fourth-order valence-electron chi connectivity index (χ4n) is 5.53. The second-order valence-electron chi connectivity index (χ2n) is 9.96. The number of nitrogens with one attached hydrogen (secondary N) is 1. The first-order valence-corrected chi connectivity index (χ1v) is 12.9. The Balaban J connectivity index is 1.50. The third-order valence-corrected chi connectivity index (χ3v) is 7.77. The van der Waals surface area contributed by atoms with Crippen LogP contribution >= 0.6 is 0 Å². The first-order chi connectivity index (χ1) is 18.4. The summed E-state index contributed by atoms with van der Waals surface area (Å²) < 4.78 is 0. The Labute approximate surface area is 221 Å². The molecule has 3 aromatic rings. The number of aromatic nitrogens is 2. The summed E-state index contributed by atoms with van der Waals surface area (Å²) in [7, 11) is 0. The summed E-state index contributed by atoms with van der Waals surface area (Å²) in [6.45, 7) is 4.01. The van der Waals surface area contributed by atoms with Crippen molar-refractivity contribution in [1.82, 2.24) is 20.2 Å². The molecule has 5 rings (SSSR count). The van der Waals surface area contributed by atoms with Crippen LogP contribution in [0.4, 0.5) is 0 Å². The highest BCUT2D eigenvalue weighted by Gasteiger charge is 2.41. The summed E-state index contributed by atoms with van der Waals surface area (Å²) in [6.07, 6.45) is 6.13. The van der Waals surface area contributed by atoms with Crippen LogP contribution in [-0.4, -0.2) is 49.4 Å². The molecule has 0 radical (unpaired) electrons. The maximum Gasteiger partial charge on any atom is 0.251 e. The van der Waals surface area contributed by atoms with Gasteiger partial charge in [0.2, 0.25) is 5.91 Å². The molecule has 0 fully saturated rings. The molecule has 0 saturated carbocycles. The van der Waals surface area contributed by atoms with Crippen LogP contribution < -0.4 is 11.1 Å². The Kier molecular flexibility index (Phi) is 6.94. The second kappa shape index (κ2) is 10.3. The molecular formula is C29H32N6O3. The Morgan fingerprint density at radius 1 is 1.13 bits per heavy atom. The molecule has 2 aliphatic rings. The molecule has 2 heterocycles. The van der Waals surface area contributed by atoms with Gasteiger partial charge >= 0.3 is 0 Å². The number of aliphatic imine (C=N–C) groups is 1. The monoisotopic (exact) mass is 512 g/mol. The zero-order valence-corrected chi connectivity index (χ0v) is 21.5. The molecule has 0 unspecified atom stereocenters. The normalized spacial score (nSPS) is 21.0. The molecule has 2 aromatic carbocycles. The number of aliphatic hydroxyl groups excluding tert-OH is 1. The van der Waals surface area contributed by atoms with Crippen molar-refractivity contribution in [3.05, 3.63) is 95.1 Å². The summed E-state index contributed by atoms with van der Waals surface area (Å²) in [5.74, 6) is -0.326. The van der Waals surface area contributed by atoms with Crippen LogP contribution in [-0.2, 0) is 11.2 Å². The number of rotatable bonds is 7. The molecule has 3 atom stereocenters. The predicted octanol–water partition coefficient (Wildman–Crippen LogP) is 3.06. The number of nitrogens with two attached hydrogens (primary N) is 1. The SMILES string of the molecule is CCC1(CC)CC(=O)N([C@H](c2cncnc2)c2cccc(C(=O)N[C@@H]3c4ccccc4C[C@H]3O)c2)C(N)=N1. The Bertz CT molecular complexity index is 1370. The summed E-state index contributed by atoms with van der Waals surface area (Å²) in [4.78, 5) is 41.5. The number of carbonyl (C=O) groups excluding carboxylic acids is 2. The first kappa shape index (κ1) is 25.5. The molecule has 9 heteroatoms. The van der Waals surface area contributed by atoms with E-state index in [0.717, 1.165) is 11.1 Å². The molecular weight excluding hydrogens is 480 g/mol. The largest absolute Gasteiger partial charge is 0.390 e. The van der Waals surface area contributed by atoms with E-state index >= 15 is 0 Å². The van der Waals surface area contributed by atoms with E-state index in [9.17, 15) is 14.7 Å². The molecule has 9 nitrogen and oxygen atoms in total. The minimum Gasteiger partial charge on any atom is -0.390 e. The highest BCUT2D eigenvalue weighted by Crippen LogP contribution is 2.36. The lowest BCUT2D eigenvalue weighted by Crippen LogP contribution is -2.52. The van der Waals surface area contributed by atoms with Gasteiger partial charge in [0.1, 0.15) is 6.33 Å². The van der Waals surface area contributed by atoms with Crippen molar-refractivity contribution in [3.8, 4) is 0 Å². The smallest absolute Gasteiger partial charge is 0.251 e. The van der Waals surface area contributed by atoms with Crippen LogP contribution in [0, 0.1) is 0 Å². The van der Waals surface area contributed by atoms with Gasteiger partial charge in [0.25, 0.3) is 5.91 Å². The molecule has 1 aliphatic heterocycles. The minimum atomic E-state index is -0.701. The van der Waals surface area contributed by atoms with Crippen molar-refractivity contribution in [1.29, 1.82) is 0 Å². The predicted molar refractivity (Wildman–Crippen MR) is 143 cm³/mol. The molecule has 4 N–H and O–H groups in total. The van der Waals surface area contributed by atoms with Crippen molar-refractivity contribution in [3.63, 3.8) is 0 Å². The van der Waals surface area contributed by atoms with Gasteiger partial charge in [-0.3, -0.25) is 14.5 Å². The van der Waals surface area contributed by atoms with E-state index < -0.39 is 23.7 Å². The van der Waals surface area contributed by atoms with E-state index in [1.807, 2.05) is 44.2 Å². The average molecular weight is 513 g/mol. The van der Waals surface area contributed by atoms with Crippen LogP contribution in [0.3, 0.4) is 0 Å². The number of amides is 2. The quantitative estimate of drug-likeness (QED) is 0.446. The zero-order chi connectivity index (χ0) is 26.9. The van der Waals surface area contributed by atoms with Gasteiger partial charge in [0, 0.05) is 29.9 Å². The number of guanidine groups is 1. The van der Waals surface area contributed by atoms with Gasteiger partial charge in [-0.05, 0) is 41.7 Å². The Morgan fingerprint density at radius 3 is 2.58 bits per heavy atom. The molecule has 196 valence electrons. The van der Waals surface area contributed by atoms with E-state index in [1.54, 1.807) is 30.6 Å². The number of nitrogens with zero attached hydrogens (tertiary/aromatic N) is 4. The average Bonchev–Trinajstić information content (AvgIpc) is 3.25. The number of aliphatic hydroxyl groups is 1. The first-order valence-electron chi connectivity index (χ1n) is 12.9. The zero-order valence-electron chi connectivity index (χ0n) is 21.5. The van der Waals surface area contributed by atoms with Gasteiger partial charge < -0.3 is 16.2 Å². The molecule has 0 saturated heterocycles. The van der Waals surface area contributed by atoms with E-state index in [0.29, 0.717) is 36.0 Å². The topological polar surface area (TPSA) is 134 Å². The van der Waals surface area contributed by atoms with Crippen LogP contribution in [0.15, 0.2) is 72.2 Å². The second-order valence-corrected chi connectivity index (χ2v) is 9.96. The van der Waals surface area contributed by atoms with Crippen LogP contribution in [0.2, 0.25) is 0 Å². The maximum absolute atomic E-state index is 13.5. The minimum absolute atomic E-state index is 0.138. The van der Waals surface area contributed by atoms with Gasteiger partial charge in [-0.2, -0.15) is 0 Å². The van der Waals surface area contributed by atoms with Crippen molar-refractivity contribution in [2.45, 2.75) is 63.3 Å². The van der Waals surface area contributed by atoms with Crippen LogP contribution in [0.5, 0.6) is 0 Å². The lowest BCUT2D eigenvalue weighted by atomic mass is 9.87. The van der Waals surface area contributed by atoms with Crippen LogP contribution in [0.25, 0.3) is 0 Å².